The highest BCUT2D eigenvalue weighted by Crippen LogP contribution is 2.18. The van der Waals surface area contributed by atoms with E-state index in [-0.39, 0.29) is 40.4 Å². The molecule has 162 valence electrons. The summed E-state index contributed by atoms with van der Waals surface area (Å²) >= 11 is 0. The third-order valence-electron chi connectivity index (χ3n) is 4.67. The summed E-state index contributed by atoms with van der Waals surface area (Å²) in [6, 6.07) is 11.9. The van der Waals surface area contributed by atoms with Gasteiger partial charge in [-0.25, -0.2) is 23.1 Å². The van der Waals surface area contributed by atoms with Crippen molar-refractivity contribution in [2.24, 2.45) is 4.99 Å². The Bertz CT molecular complexity index is 1280. The molecule has 1 amide bonds. The minimum absolute atomic E-state index is 0.0432. The largest absolute Gasteiger partial charge is 0.508 e. The van der Waals surface area contributed by atoms with Crippen LogP contribution in [0.25, 0.3) is 0 Å². The number of ketones is 1. The first-order valence-electron chi connectivity index (χ1n) is 9.41. The predicted molar refractivity (Wildman–Crippen MR) is 115 cm³/mol. The molecule has 0 fully saturated rings. The molecule has 0 saturated carbocycles. The Balaban J connectivity index is 1.42. The van der Waals surface area contributed by atoms with Crippen LogP contribution in [-0.2, 0) is 10.0 Å². The zero-order valence-electron chi connectivity index (χ0n) is 16.5. The summed E-state index contributed by atoms with van der Waals surface area (Å²) in [5.74, 6) is -0.710. The standard InChI is InChI=1S/C21H17N5O5S/c27-16-6-2-15(3-7-16)20(29)26-12-18(24-13-26)19(28)14-4-8-17(9-5-14)32(30,31)25-21-22-10-1-11-23-21/h1-11,13,18,27H,12H2,(H,22,23,25). The second-order valence-electron chi connectivity index (χ2n) is 6.85. The third kappa shape index (κ3) is 4.47. The van der Waals surface area contributed by atoms with Gasteiger partial charge in [-0.1, -0.05) is 0 Å². The van der Waals surface area contributed by atoms with E-state index in [2.05, 4.69) is 19.7 Å². The van der Waals surface area contributed by atoms with Crippen LogP contribution in [0.5, 0.6) is 5.75 Å². The van der Waals surface area contributed by atoms with Crippen LogP contribution in [0.4, 0.5) is 5.95 Å². The number of Topliss-reactive ketones (excluding diaryl/α,β-unsaturated/α-hetero) is 1. The average molecular weight is 451 g/mol. The van der Waals surface area contributed by atoms with Crippen molar-refractivity contribution in [1.29, 1.82) is 0 Å². The fourth-order valence-corrected chi connectivity index (χ4v) is 3.98. The van der Waals surface area contributed by atoms with Crippen molar-refractivity contribution in [3.8, 4) is 5.75 Å². The fraction of sp³-hybridized carbons (Fsp3) is 0.0952. The molecular formula is C21H17N5O5S. The van der Waals surface area contributed by atoms with E-state index in [0.29, 0.717) is 5.56 Å². The maximum absolute atomic E-state index is 12.8. The number of phenolic OH excluding ortho intramolecular Hbond substituents is 1. The number of anilines is 1. The molecule has 1 aliphatic heterocycles. The normalized spacial score (nSPS) is 15.5. The van der Waals surface area contributed by atoms with Crippen LogP contribution in [0.3, 0.4) is 0 Å². The fourth-order valence-electron chi connectivity index (χ4n) is 3.02. The van der Waals surface area contributed by atoms with E-state index >= 15 is 0 Å². The Morgan fingerprint density at radius 2 is 1.59 bits per heavy atom. The maximum Gasteiger partial charge on any atom is 0.264 e. The number of nitrogens with one attached hydrogen (secondary N) is 1. The number of hydrogen-bond donors (Lipinski definition) is 2. The molecule has 2 N–H and O–H groups in total. The minimum atomic E-state index is -3.92. The highest BCUT2D eigenvalue weighted by atomic mass is 32.2. The number of rotatable bonds is 6. The molecule has 0 saturated heterocycles. The van der Waals surface area contributed by atoms with Crippen LogP contribution in [-0.4, -0.2) is 59.0 Å². The number of carbonyl (C=O) groups is 2. The number of carbonyl (C=O) groups excluding carboxylic acids is 2. The van der Waals surface area contributed by atoms with E-state index in [1.807, 2.05) is 0 Å². The van der Waals surface area contributed by atoms with E-state index < -0.39 is 16.1 Å². The van der Waals surface area contributed by atoms with E-state index in [0.717, 1.165) is 0 Å². The van der Waals surface area contributed by atoms with Crippen LogP contribution in [0.1, 0.15) is 20.7 Å². The van der Waals surface area contributed by atoms with E-state index in [4.69, 9.17) is 0 Å². The van der Waals surface area contributed by atoms with Gasteiger partial charge in [0.1, 0.15) is 11.8 Å². The number of sulfonamides is 1. The van der Waals surface area contributed by atoms with E-state index in [1.54, 1.807) is 6.07 Å². The Morgan fingerprint density at radius 3 is 2.25 bits per heavy atom. The molecule has 2 aromatic carbocycles. The lowest BCUT2D eigenvalue weighted by Gasteiger charge is -2.14. The molecule has 1 unspecified atom stereocenters. The summed E-state index contributed by atoms with van der Waals surface area (Å²) in [6.07, 6.45) is 4.12. The lowest BCUT2D eigenvalue weighted by Crippen LogP contribution is -2.33. The molecule has 32 heavy (non-hydrogen) atoms. The first-order chi connectivity index (χ1) is 15.3. The van der Waals surface area contributed by atoms with Crippen LogP contribution in [0.2, 0.25) is 0 Å². The number of aromatic nitrogens is 2. The lowest BCUT2D eigenvalue weighted by atomic mass is 10.0. The van der Waals surface area contributed by atoms with Crippen molar-refractivity contribution in [2.75, 3.05) is 11.3 Å². The highest BCUT2D eigenvalue weighted by Gasteiger charge is 2.29. The SMILES string of the molecule is O=C(c1ccc(S(=O)(=O)Nc2ncccn2)cc1)C1CN(C(=O)c2ccc(O)cc2)C=N1. The summed E-state index contributed by atoms with van der Waals surface area (Å²) < 4.78 is 27.2. The van der Waals surface area contributed by atoms with Gasteiger partial charge in [0.25, 0.3) is 15.9 Å². The lowest BCUT2D eigenvalue weighted by molar-refractivity contribution is 0.0846. The molecule has 1 aromatic heterocycles. The number of benzene rings is 2. The number of phenols is 1. The van der Waals surface area contributed by atoms with Crippen LogP contribution < -0.4 is 4.72 Å². The van der Waals surface area contributed by atoms with Gasteiger partial charge in [-0.2, -0.15) is 0 Å². The molecule has 2 heterocycles. The average Bonchev–Trinajstić information content (AvgIpc) is 3.29. The molecule has 3 aromatic rings. The van der Waals surface area contributed by atoms with E-state index in [9.17, 15) is 23.1 Å². The summed E-state index contributed by atoms with van der Waals surface area (Å²) in [4.78, 5) is 38.3. The zero-order valence-corrected chi connectivity index (χ0v) is 17.3. The van der Waals surface area contributed by atoms with Gasteiger partial charge in [0, 0.05) is 23.5 Å². The molecule has 10 nitrogen and oxygen atoms in total. The van der Waals surface area contributed by atoms with Crippen molar-refractivity contribution in [3.05, 3.63) is 78.1 Å². The maximum atomic E-state index is 12.8. The first-order valence-corrected chi connectivity index (χ1v) is 10.9. The zero-order chi connectivity index (χ0) is 22.7. The Kier molecular flexibility index (Phi) is 5.65. The molecule has 0 aliphatic carbocycles. The molecular weight excluding hydrogens is 434 g/mol. The number of hydrogen-bond acceptors (Lipinski definition) is 8. The van der Waals surface area contributed by atoms with Crippen LogP contribution >= 0.6 is 0 Å². The highest BCUT2D eigenvalue weighted by molar-refractivity contribution is 7.92. The molecule has 11 heteroatoms. The Hall–Kier alpha value is -4.12. The number of amides is 1. The van der Waals surface area contributed by atoms with Gasteiger partial charge < -0.3 is 5.11 Å². The molecule has 0 radical (unpaired) electrons. The van der Waals surface area contributed by atoms with Crippen molar-refractivity contribution in [3.63, 3.8) is 0 Å². The van der Waals surface area contributed by atoms with Crippen molar-refractivity contribution in [1.82, 2.24) is 14.9 Å². The summed E-state index contributed by atoms with van der Waals surface area (Å²) in [5, 5.41) is 9.34. The van der Waals surface area contributed by atoms with Gasteiger partial charge in [-0.3, -0.25) is 19.5 Å². The monoisotopic (exact) mass is 451 g/mol. The summed E-state index contributed by atoms with van der Waals surface area (Å²) in [6.45, 7) is 0.0610. The van der Waals surface area contributed by atoms with E-state index in [1.165, 1.54) is 72.2 Å². The first kappa shape index (κ1) is 21.1. The molecule has 4 rings (SSSR count). The Morgan fingerprint density at radius 1 is 0.969 bits per heavy atom. The predicted octanol–water partition coefficient (Wildman–Crippen LogP) is 1.72. The van der Waals surface area contributed by atoms with Crippen LogP contribution in [0.15, 0.2) is 76.9 Å². The van der Waals surface area contributed by atoms with Gasteiger partial charge >= 0.3 is 0 Å². The van der Waals surface area contributed by atoms with Crippen molar-refractivity contribution >= 4 is 34.0 Å². The van der Waals surface area contributed by atoms with Gasteiger partial charge in [0.2, 0.25) is 5.95 Å². The summed E-state index contributed by atoms with van der Waals surface area (Å²) in [7, 11) is -3.92. The number of aliphatic imine (C=N–C) groups is 1. The molecule has 0 bridgehead atoms. The molecule has 1 aliphatic rings. The van der Waals surface area contributed by atoms with Gasteiger partial charge in [-0.15, -0.1) is 0 Å². The Labute approximate surface area is 183 Å². The minimum Gasteiger partial charge on any atom is -0.508 e. The smallest absolute Gasteiger partial charge is 0.264 e. The number of nitrogens with zero attached hydrogens (tertiary/aromatic N) is 4. The third-order valence-corrected chi connectivity index (χ3v) is 6.02. The molecule has 0 spiro atoms. The van der Waals surface area contributed by atoms with Crippen molar-refractivity contribution < 1.29 is 23.1 Å². The quantitative estimate of drug-likeness (QED) is 0.543. The summed E-state index contributed by atoms with van der Waals surface area (Å²) in [5.41, 5.74) is 0.618. The topological polar surface area (TPSA) is 142 Å². The second kappa shape index (κ2) is 8.55. The number of aromatic hydroxyl groups is 1. The van der Waals surface area contributed by atoms with Gasteiger partial charge in [0.15, 0.2) is 5.78 Å². The van der Waals surface area contributed by atoms with Crippen LogP contribution in [0, 0.1) is 0 Å². The second-order valence-corrected chi connectivity index (χ2v) is 8.53. The van der Waals surface area contributed by atoms with Gasteiger partial charge in [-0.05, 0) is 54.6 Å². The van der Waals surface area contributed by atoms with Gasteiger partial charge in [0.05, 0.1) is 17.8 Å². The molecule has 1 atom stereocenters. The van der Waals surface area contributed by atoms with Crippen molar-refractivity contribution in [2.45, 2.75) is 10.9 Å².